The highest BCUT2D eigenvalue weighted by atomic mass is 16.5. The number of hydrogen-bond donors (Lipinski definition) is 0. The Bertz CT molecular complexity index is 1330. The molecular formula is C36H46O6. The SMILES string of the molecule is C/C=C/Cc1cc(/C=C/C(=O)c2ccc(OC(=O)C(C)(C)C)cc2)c(OCCC)c(C/C=C/C)c1OC(=O)C(C)(C)C. The molecule has 2 aromatic carbocycles. The molecule has 0 fully saturated rings. The van der Waals surface area contributed by atoms with Gasteiger partial charge in [-0.3, -0.25) is 14.4 Å². The topological polar surface area (TPSA) is 78.9 Å². The van der Waals surface area contributed by atoms with Crippen LogP contribution < -0.4 is 14.2 Å². The number of carbonyl (C=O) groups excluding carboxylic acids is 3. The van der Waals surface area contributed by atoms with Crippen LogP contribution in [-0.4, -0.2) is 24.3 Å². The minimum Gasteiger partial charge on any atom is -0.493 e. The Labute approximate surface area is 251 Å². The third-order valence-electron chi connectivity index (χ3n) is 6.20. The van der Waals surface area contributed by atoms with Gasteiger partial charge in [0.25, 0.3) is 0 Å². The number of hydrogen-bond acceptors (Lipinski definition) is 6. The maximum absolute atomic E-state index is 13.1. The largest absolute Gasteiger partial charge is 0.493 e. The molecule has 0 saturated carbocycles. The van der Waals surface area contributed by atoms with Gasteiger partial charge in [-0.1, -0.05) is 31.2 Å². The van der Waals surface area contributed by atoms with Crippen LogP contribution in [0.15, 0.2) is 60.7 Å². The molecule has 0 aromatic heterocycles. The van der Waals surface area contributed by atoms with E-state index in [1.807, 2.05) is 71.9 Å². The van der Waals surface area contributed by atoms with Crippen molar-refractivity contribution < 1.29 is 28.6 Å². The Morgan fingerprint density at radius 2 is 1.36 bits per heavy atom. The molecule has 226 valence electrons. The van der Waals surface area contributed by atoms with Crippen LogP contribution in [0.3, 0.4) is 0 Å². The lowest BCUT2D eigenvalue weighted by molar-refractivity contribution is -0.143. The van der Waals surface area contributed by atoms with Crippen molar-refractivity contribution in [1.29, 1.82) is 0 Å². The maximum Gasteiger partial charge on any atom is 0.316 e. The Morgan fingerprint density at radius 3 is 1.90 bits per heavy atom. The van der Waals surface area contributed by atoms with Gasteiger partial charge in [0.2, 0.25) is 0 Å². The number of esters is 2. The van der Waals surface area contributed by atoms with Crippen LogP contribution in [0.25, 0.3) is 6.08 Å². The van der Waals surface area contributed by atoms with E-state index in [1.165, 1.54) is 6.08 Å². The average Bonchev–Trinajstić information content (AvgIpc) is 2.92. The molecular weight excluding hydrogens is 528 g/mol. The number of rotatable bonds is 12. The van der Waals surface area contributed by atoms with Gasteiger partial charge in [-0.25, -0.2) is 0 Å². The summed E-state index contributed by atoms with van der Waals surface area (Å²) in [5.41, 5.74) is 1.45. The molecule has 2 rings (SSSR count). The lowest BCUT2D eigenvalue weighted by Gasteiger charge is -2.23. The van der Waals surface area contributed by atoms with Crippen molar-refractivity contribution in [3.63, 3.8) is 0 Å². The number of ether oxygens (including phenoxy) is 3. The smallest absolute Gasteiger partial charge is 0.316 e. The van der Waals surface area contributed by atoms with E-state index < -0.39 is 10.8 Å². The van der Waals surface area contributed by atoms with E-state index in [2.05, 4.69) is 0 Å². The second-order valence-electron chi connectivity index (χ2n) is 12.2. The molecule has 0 unspecified atom stereocenters. The van der Waals surface area contributed by atoms with Crippen LogP contribution in [-0.2, 0) is 22.4 Å². The van der Waals surface area contributed by atoms with Crippen molar-refractivity contribution in [3.05, 3.63) is 83.0 Å². The van der Waals surface area contributed by atoms with Gasteiger partial charge in [0, 0.05) is 16.7 Å². The summed E-state index contributed by atoms with van der Waals surface area (Å²) >= 11 is 0. The van der Waals surface area contributed by atoms with Gasteiger partial charge < -0.3 is 14.2 Å². The number of allylic oxidation sites excluding steroid dienone is 5. The zero-order valence-corrected chi connectivity index (χ0v) is 26.6. The standard InChI is InChI=1S/C36H46O6/c1-10-13-15-26-24-27(19-22-30(37)25-17-20-28(21-18-25)41-33(38)35(4,5)6)31(40-23-12-3)29(16-14-11-2)32(26)42-34(39)36(7,8)9/h10-11,13-14,17-22,24H,12,15-16,23H2,1-9H3/b13-10+,14-11+,22-19+. The predicted molar refractivity (Wildman–Crippen MR) is 169 cm³/mol. The van der Waals surface area contributed by atoms with Crippen LogP contribution >= 0.6 is 0 Å². The van der Waals surface area contributed by atoms with Crippen LogP contribution in [0, 0.1) is 10.8 Å². The summed E-state index contributed by atoms with van der Waals surface area (Å²) < 4.78 is 17.7. The molecule has 0 aliphatic carbocycles. The summed E-state index contributed by atoms with van der Waals surface area (Å²) in [6.45, 7) is 17.2. The van der Waals surface area contributed by atoms with E-state index in [0.717, 1.165) is 23.1 Å². The minimum atomic E-state index is -0.689. The fourth-order valence-corrected chi connectivity index (χ4v) is 3.69. The number of benzene rings is 2. The second-order valence-corrected chi connectivity index (χ2v) is 12.2. The van der Waals surface area contributed by atoms with Crippen LogP contribution in [0.5, 0.6) is 17.2 Å². The molecule has 0 aliphatic heterocycles. The first-order valence-electron chi connectivity index (χ1n) is 14.5. The van der Waals surface area contributed by atoms with Gasteiger partial charge in [-0.05, 0) is 123 Å². The van der Waals surface area contributed by atoms with E-state index >= 15 is 0 Å². The highest BCUT2D eigenvalue weighted by molar-refractivity contribution is 6.07. The van der Waals surface area contributed by atoms with Crippen molar-refractivity contribution >= 4 is 23.8 Å². The molecule has 2 aromatic rings. The molecule has 0 amide bonds. The molecule has 6 heteroatoms. The zero-order chi connectivity index (χ0) is 31.5. The van der Waals surface area contributed by atoms with Gasteiger partial charge >= 0.3 is 11.9 Å². The number of ketones is 1. The summed E-state index contributed by atoms with van der Waals surface area (Å²) in [6.07, 6.45) is 13.0. The van der Waals surface area contributed by atoms with Crippen molar-refractivity contribution in [1.82, 2.24) is 0 Å². The average molecular weight is 575 g/mol. The Balaban J connectivity index is 2.58. The quantitative estimate of drug-likeness (QED) is 0.0831. The van der Waals surface area contributed by atoms with Gasteiger partial charge in [-0.2, -0.15) is 0 Å². The Kier molecular flexibility index (Phi) is 12.5. The first-order chi connectivity index (χ1) is 19.7. The van der Waals surface area contributed by atoms with Crippen molar-refractivity contribution in [2.24, 2.45) is 10.8 Å². The molecule has 42 heavy (non-hydrogen) atoms. The Hall–Kier alpha value is -3.93. The Morgan fingerprint density at radius 1 is 0.786 bits per heavy atom. The summed E-state index contributed by atoms with van der Waals surface area (Å²) in [6, 6.07) is 8.42. The lowest BCUT2D eigenvalue weighted by atomic mass is 9.95. The third-order valence-corrected chi connectivity index (χ3v) is 6.20. The molecule has 0 heterocycles. The molecule has 0 N–H and O–H groups in total. The number of carbonyl (C=O) groups is 3. The van der Waals surface area contributed by atoms with E-state index in [9.17, 15) is 14.4 Å². The van der Waals surface area contributed by atoms with Gasteiger partial charge in [-0.15, -0.1) is 0 Å². The normalized spacial score (nSPS) is 12.3. The van der Waals surface area contributed by atoms with Crippen LogP contribution in [0.4, 0.5) is 0 Å². The lowest BCUT2D eigenvalue weighted by Crippen LogP contribution is -2.26. The highest BCUT2D eigenvalue weighted by Crippen LogP contribution is 2.39. The first-order valence-corrected chi connectivity index (χ1v) is 14.5. The summed E-state index contributed by atoms with van der Waals surface area (Å²) in [5.74, 6) is 0.583. The molecule has 0 atom stereocenters. The van der Waals surface area contributed by atoms with Gasteiger partial charge in [0.1, 0.15) is 17.2 Å². The van der Waals surface area contributed by atoms with Crippen molar-refractivity contribution in [2.75, 3.05) is 6.61 Å². The maximum atomic E-state index is 13.1. The van der Waals surface area contributed by atoms with E-state index in [0.29, 0.717) is 42.3 Å². The van der Waals surface area contributed by atoms with Crippen molar-refractivity contribution in [3.8, 4) is 17.2 Å². The summed E-state index contributed by atoms with van der Waals surface area (Å²) in [5, 5.41) is 0. The minimum absolute atomic E-state index is 0.210. The second kappa shape index (κ2) is 15.3. The van der Waals surface area contributed by atoms with E-state index in [-0.39, 0.29) is 17.7 Å². The van der Waals surface area contributed by atoms with Crippen molar-refractivity contribution in [2.45, 2.75) is 81.6 Å². The van der Waals surface area contributed by atoms with Crippen LogP contribution in [0.2, 0.25) is 0 Å². The molecule has 0 saturated heterocycles. The van der Waals surface area contributed by atoms with Crippen LogP contribution in [0.1, 0.15) is 95.8 Å². The fraction of sp³-hybridized carbons (Fsp3) is 0.417. The monoisotopic (exact) mass is 574 g/mol. The molecule has 0 radical (unpaired) electrons. The van der Waals surface area contributed by atoms with E-state index in [1.54, 1.807) is 51.1 Å². The molecule has 0 aliphatic rings. The molecule has 0 spiro atoms. The summed E-state index contributed by atoms with van der Waals surface area (Å²) in [4.78, 5) is 38.3. The summed E-state index contributed by atoms with van der Waals surface area (Å²) in [7, 11) is 0. The third kappa shape index (κ3) is 9.86. The van der Waals surface area contributed by atoms with Gasteiger partial charge in [0.15, 0.2) is 5.78 Å². The predicted octanol–water partition coefficient (Wildman–Crippen LogP) is 8.51. The fourth-order valence-electron chi connectivity index (χ4n) is 3.69. The first kappa shape index (κ1) is 34.3. The highest BCUT2D eigenvalue weighted by Gasteiger charge is 2.28. The van der Waals surface area contributed by atoms with Gasteiger partial charge in [0.05, 0.1) is 17.4 Å². The zero-order valence-electron chi connectivity index (χ0n) is 26.6. The molecule has 0 bridgehead atoms. The molecule has 6 nitrogen and oxygen atoms in total. The van der Waals surface area contributed by atoms with E-state index in [4.69, 9.17) is 14.2 Å².